The monoisotopic (exact) mass is 484 g/mol. The lowest BCUT2D eigenvalue weighted by atomic mass is 10.1. The number of nitrogens with zero attached hydrogens (tertiary/aromatic N) is 1. The Morgan fingerprint density at radius 3 is 2.45 bits per heavy atom. The molecule has 1 heterocycles. The Morgan fingerprint density at radius 1 is 1.06 bits per heavy atom. The number of benzene rings is 3. The van der Waals surface area contributed by atoms with E-state index in [9.17, 15) is 13.2 Å². The lowest BCUT2D eigenvalue weighted by molar-refractivity contribution is -0.128. The van der Waals surface area contributed by atoms with Crippen LogP contribution >= 0.6 is 11.6 Å². The SMILES string of the molecule is C[C@H](CCc1ccccc1)NC(=O)[C@@H]1CN(S(=O)(=O)c2ccc(Cl)cc2)c2ccccc2O1. The highest BCUT2D eigenvalue weighted by Crippen LogP contribution is 2.37. The summed E-state index contributed by atoms with van der Waals surface area (Å²) in [5.74, 6) is -0.000233. The number of fused-ring (bicyclic) bond motifs is 1. The van der Waals surface area contributed by atoms with Gasteiger partial charge in [0.2, 0.25) is 0 Å². The number of halogens is 1. The second-order valence-corrected chi connectivity index (χ2v) is 10.3. The molecule has 0 radical (unpaired) electrons. The smallest absolute Gasteiger partial charge is 0.264 e. The van der Waals surface area contributed by atoms with Crippen molar-refractivity contribution >= 4 is 33.2 Å². The van der Waals surface area contributed by atoms with Crippen LogP contribution in [0.25, 0.3) is 0 Å². The molecule has 1 amide bonds. The van der Waals surface area contributed by atoms with E-state index < -0.39 is 16.1 Å². The molecule has 0 bridgehead atoms. The second kappa shape index (κ2) is 9.85. The molecule has 6 nitrogen and oxygen atoms in total. The molecule has 3 aromatic rings. The minimum Gasteiger partial charge on any atom is -0.476 e. The van der Waals surface area contributed by atoms with Crippen molar-refractivity contribution in [1.29, 1.82) is 0 Å². The molecule has 4 rings (SSSR count). The van der Waals surface area contributed by atoms with E-state index in [4.69, 9.17) is 16.3 Å². The van der Waals surface area contributed by atoms with Crippen molar-refractivity contribution in [2.24, 2.45) is 0 Å². The molecule has 0 saturated carbocycles. The van der Waals surface area contributed by atoms with Crippen LogP contribution < -0.4 is 14.4 Å². The molecule has 0 aliphatic carbocycles. The van der Waals surface area contributed by atoms with Crippen LogP contribution in [0.1, 0.15) is 18.9 Å². The van der Waals surface area contributed by atoms with Gasteiger partial charge in [-0.05, 0) is 61.7 Å². The van der Waals surface area contributed by atoms with Crippen molar-refractivity contribution in [2.75, 3.05) is 10.8 Å². The van der Waals surface area contributed by atoms with Crippen LogP contribution in [0.15, 0.2) is 83.8 Å². The Kier molecular flexibility index (Phi) is 6.91. The van der Waals surface area contributed by atoms with Crippen LogP contribution in [-0.4, -0.2) is 33.0 Å². The van der Waals surface area contributed by atoms with E-state index in [2.05, 4.69) is 17.4 Å². The van der Waals surface area contributed by atoms with E-state index >= 15 is 0 Å². The summed E-state index contributed by atoms with van der Waals surface area (Å²) in [6, 6.07) is 22.7. The zero-order valence-electron chi connectivity index (χ0n) is 18.1. The summed E-state index contributed by atoms with van der Waals surface area (Å²) >= 11 is 5.93. The van der Waals surface area contributed by atoms with Crippen LogP contribution in [0.2, 0.25) is 5.02 Å². The second-order valence-electron chi connectivity index (χ2n) is 8.00. The minimum atomic E-state index is -3.92. The van der Waals surface area contributed by atoms with E-state index in [1.54, 1.807) is 24.3 Å². The van der Waals surface area contributed by atoms with E-state index in [0.717, 1.165) is 12.8 Å². The first-order valence-corrected chi connectivity index (χ1v) is 12.5. The summed E-state index contributed by atoms with van der Waals surface area (Å²) in [5.41, 5.74) is 1.59. The van der Waals surface area contributed by atoms with Gasteiger partial charge in [0, 0.05) is 11.1 Å². The van der Waals surface area contributed by atoms with Crippen molar-refractivity contribution in [1.82, 2.24) is 5.32 Å². The largest absolute Gasteiger partial charge is 0.476 e. The van der Waals surface area contributed by atoms with Crippen molar-refractivity contribution in [2.45, 2.75) is 36.8 Å². The third kappa shape index (κ3) is 5.31. The average molecular weight is 485 g/mol. The van der Waals surface area contributed by atoms with Gasteiger partial charge in [0.25, 0.3) is 15.9 Å². The normalized spacial score (nSPS) is 16.4. The van der Waals surface area contributed by atoms with Crippen molar-refractivity contribution in [3.05, 3.63) is 89.4 Å². The first-order valence-electron chi connectivity index (χ1n) is 10.7. The Balaban J connectivity index is 1.51. The standard InChI is InChI=1S/C25H25ClN2O4S/c1-18(11-12-19-7-3-2-4-8-19)27-25(29)24-17-28(22-9-5-6-10-23(22)32-24)33(30,31)21-15-13-20(26)14-16-21/h2-10,13-16,18,24H,11-12,17H2,1H3,(H,27,29)/t18-,24+/m1/s1. The highest BCUT2D eigenvalue weighted by molar-refractivity contribution is 7.92. The number of carbonyl (C=O) groups is 1. The van der Waals surface area contributed by atoms with Gasteiger partial charge in [-0.15, -0.1) is 0 Å². The molecular formula is C25H25ClN2O4S. The summed E-state index contributed by atoms with van der Waals surface area (Å²) in [4.78, 5) is 13.1. The van der Waals surface area contributed by atoms with Crippen LogP contribution in [0.5, 0.6) is 5.75 Å². The molecule has 2 atom stereocenters. The summed E-state index contributed by atoms with van der Waals surface area (Å²) < 4.78 is 33.9. The molecule has 1 aliphatic heterocycles. The molecule has 8 heteroatoms. The molecule has 1 N–H and O–H groups in total. The van der Waals surface area contributed by atoms with E-state index in [-0.39, 0.29) is 23.4 Å². The number of hydrogen-bond donors (Lipinski definition) is 1. The Labute approximate surface area is 199 Å². The fourth-order valence-electron chi connectivity index (χ4n) is 3.74. The first kappa shape index (κ1) is 23.1. The fourth-order valence-corrected chi connectivity index (χ4v) is 5.34. The van der Waals surface area contributed by atoms with Gasteiger partial charge in [-0.1, -0.05) is 54.1 Å². The zero-order valence-corrected chi connectivity index (χ0v) is 19.7. The molecule has 0 aromatic heterocycles. The Hall–Kier alpha value is -3.03. The number of ether oxygens (including phenoxy) is 1. The van der Waals surface area contributed by atoms with Crippen molar-refractivity contribution < 1.29 is 17.9 Å². The van der Waals surface area contributed by atoms with E-state index in [1.165, 1.54) is 34.1 Å². The zero-order chi connectivity index (χ0) is 23.4. The number of sulfonamides is 1. The first-order chi connectivity index (χ1) is 15.8. The molecule has 3 aromatic carbocycles. The van der Waals surface area contributed by atoms with E-state index in [0.29, 0.717) is 16.5 Å². The van der Waals surface area contributed by atoms with Gasteiger partial charge in [0.05, 0.1) is 17.1 Å². The fraction of sp³-hybridized carbons (Fsp3) is 0.240. The molecule has 0 unspecified atom stereocenters. The molecule has 1 aliphatic rings. The topological polar surface area (TPSA) is 75.7 Å². The maximum absolute atomic E-state index is 13.4. The third-order valence-electron chi connectivity index (χ3n) is 5.53. The molecule has 0 fully saturated rings. The van der Waals surface area contributed by atoms with Gasteiger partial charge in [-0.2, -0.15) is 0 Å². The van der Waals surface area contributed by atoms with Crippen LogP contribution in [0.4, 0.5) is 5.69 Å². The third-order valence-corrected chi connectivity index (χ3v) is 7.57. The maximum atomic E-state index is 13.4. The number of aryl methyl sites for hydroxylation is 1. The van der Waals surface area contributed by atoms with Crippen LogP contribution in [0.3, 0.4) is 0 Å². The molecule has 0 saturated heterocycles. The highest BCUT2D eigenvalue weighted by atomic mass is 35.5. The van der Waals surface area contributed by atoms with Gasteiger partial charge < -0.3 is 10.1 Å². The predicted molar refractivity (Wildman–Crippen MR) is 129 cm³/mol. The van der Waals surface area contributed by atoms with Crippen LogP contribution in [-0.2, 0) is 21.2 Å². The van der Waals surface area contributed by atoms with Gasteiger partial charge in [0.1, 0.15) is 5.75 Å². The minimum absolute atomic E-state index is 0.0963. The summed E-state index contributed by atoms with van der Waals surface area (Å²) in [6.45, 7) is 1.80. The molecule has 33 heavy (non-hydrogen) atoms. The Bertz CT molecular complexity index is 1220. The van der Waals surface area contributed by atoms with E-state index in [1.807, 2.05) is 25.1 Å². The Morgan fingerprint density at radius 2 is 1.73 bits per heavy atom. The lowest BCUT2D eigenvalue weighted by Gasteiger charge is -2.35. The number of nitrogens with one attached hydrogen (secondary N) is 1. The quantitative estimate of drug-likeness (QED) is 0.538. The number of carbonyl (C=O) groups excluding carboxylic acids is 1. The highest BCUT2D eigenvalue weighted by Gasteiger charge is 2.37. The summed E-state index contributed by atoms with van der Waals surface area (Å²) in [6.07, 6.45) is 0.612. The predicted octanol–water partition coefficient (Wildman–Crippen LogP) is 4.43. The maximum Gasteiger partial charge on any atom is 0.264 e. The van der Waals surface area contributed by atoms with Gasteiger partial charge in [-0.25, -0.2) is 8.42 Å². The van der Waals surface area contributed by atoms with Crippen molar-refractivity contribution in [3.8, 4) is 5.75 Å². The average Bonchev–Trinajstić information content (AvgIpc) is 2.83. The van der Waals surface area contributed by atoms with Crippen molar-refractivity contribution in [3.63, 3.8) is 0 Å². The van der Waals surface area contributed by atoms with Gasteiger partial charge in [0.15, 0.2) is 6.10 Å². The summed E-state index contributed by atoms with van der Waals surface area (Å²) in [5, 5.41) is 3.41. The number of amides is 1. The number of para-hydroxylation sites is 2. The summed E-state index contributed by atoms with van der Waals surface area (Å²) in [7, 11) is -3.92. The number of rotatable bonds is 7. The molecule has 172 valence electrons. The molecule has 0 spiro atoms. The number of hydrogen-bond acceptors (Lipinski definition) is 4. The van der Waals surface area contributed by atoms with Gasteiger partial charge in [-0.3, -0.25) is 9.10 Å². The lowest BCUT2D eigenvalue weighted by Crippen LogP contribution is -2.52. The number of anilines is 1. The van der Waals surface area contributed by atoms with Gasteiger partial charge >= 0.3 is 0 Å². The van der Waals surface area contributed by atoms with Crippen LogP contribution in [0, 0.1) is 0 Å². The molecular weight excluding hydrogens is 460 g/mol.